The number of amides is 2. The smallest absolute Gasteiger partial charge is 0.391 e. The van der Waals surface area contributed by atoms with Crippen LogP contribution in [0.4, 0.5) is 17.6 Å². The van der Waals surface area contributed by atoms with Crippen molar-refractivity contribution in [3.63, 3.8) is 0 Å². The zero-order valence-corrected chi connectivity index (χ0v) is 22.6. The van der Waals surface area contributed by atoms with Gasteiger partial charge in [-0.05, 0) is 64.2 Å². The lowest BCUT2D eigenvalue weighted by Gasteiger charge is -2.56. The number of nitrogens with one attached hydrogen (secondary N) is 4. The van der Waals surface area contributed by atoms with Crippen LogP contribution in [0.2, 0.25) is 0 Å². The van der Waals surface area contributed by atoms with Gasteiger partial charge in [-0.2, -0.15) is 13.2 Å². The van der Waals surface area contributed by atoms with Gasteiger partial charge in [0.25, 0.3) is 0 Å². The molecule has 8 atom stereocenters. The highest BCUT2D eigenvalue weighted by Gasteiger charge is 2.56. The Kier molecular flexibility index (Phi) is 8.43. The molecular weight excluding hydrogens is 544 g/mol. The largest absolute Gasteiger partial charge is 0.391 e. The molecule has 1 aliphatic heterocycles. The Morgan fingerprint density at radius 3 is 2.44 bits per heavy atom. The third-order valence-corrected chi connectivity index (χ3v) is 10.3. The molecule has 0 aromatic heterocycles. The SMILES string of the molecule is O=C(COC1CCC(Cl)C(F)C1)NC12CCC(NC(=O)C3CNC4CC(C(F)(F)F)CCC4N3)(CC1)C[C@@H]2O. The van der Waals surface area contributed by atoms with Crippen LogP contribution in [0.3, 0.4) is 0 Å². The first-order valence-electron chi connectivity index (χ1n) is 14.2. The van der Waals surface area contributed by atoms with Crippen LogP contribution in [0.1, 0.15) is 70.6 Å². The molecule has 222 valence electrons. The van der Waals surface area contributed by atoms with Gasteiger partial charge in [0.1, 0.15) is 12.8 Å². The summed E-state index contributed by atoms with van der Waals surface area (Å²) in [7, 11) is 0. The van der Waals surface area contributed by atoms with Crippen LogP contribution in [0, 0.1) is 5.92 Å². The summed E-state index contributed by atoms with van der Waals surface area (Å²) in [5.74, 6) is -1.90. The molecule has 5 saturated carbocycles. The van der Waals surface area contributed by atoms with E-state index in [9.17, 15) is 32.3 Å². The highest BCUT2D eigenvalue weighted by atomic mass is 35.5. The summed E-state index contributed by atoms with van der Waals surface area (Å²) in [6, 6.07) is -1.08. The molecule has 0 aromatic rings. The summed E-state index contributed by atoms with van der Waals surface area (Å²) < 4.78 is 58.9. The van der Waals surface area contributed by atoms with E-state index in [0.717, 1.165) is 0 Å². The summed E-state index contributed by atoms with van der Waals surface area (Å²) in [6.07, 6.45) is -2.46. The Morgan fingerprint density at radius 2 is 1.77 bits per heavy atom. The zero-order chi connectivity index (χ0) is 28.0. The maximum atomic E-state index is 13.8. The first kappa shape index (κ1) is 29.3. The topological polar surface area (TPSA) is 112 Å². The molecule has 5 aliphatic carbocycles. The van der Waals surface area contributed by atoms with Crippen molar-refractivity contribution in [2.45, 2.75) is 130 Å². The van der Waals surface area contributed by atoms with Gasteiger partial charge >= 0.3 is 6.18 Å². The van der Waals surface area contributed by atoms with Gasteiger partial charge in [0, 0.05) is 30.6 Å². The minimum atomic E-state index is -4.20. The number of rotatable bonds is 6. The monoisotopic (exact) mass is 582 g/mol. The number of halogens is 5. The summed E-state index contributed by atoms with van der Waals surface area (Å²) in [6.45, 7) is 0.0266. The minimum Gasteiger partial charge on any atom is -0.391 e. The molecule has 13 heteroatoms. The first-order valence-corrected chi connectivity index (χ1v) is 14.6. The van der Waals surface area contributed by atoms with Gasteiger partial charge in [0.05, 0.1) is 35.1 Å². The fourth-order valence-electron chi connectivity index (χ4n) is 7.36. The average Bonchev–Trinajstić information content (AvgIpc) is 2.89. The van der Waals surface area contributed by atoms with Crippen molar-refractivity contribution in [2.24, 2.45) is 5.92 Å². The van der Waals surface area contributed by atoms with Crippen LogP contribution in [-0.2, 0) is 14.3 Å². The van der Waals surface area contributed by atoms with Crippen LogP contribution in [-0.4, -0.2) is 89.2 Å². The molecule has 6 aliphatic rings. The lowest BCUT2D eigenvalue weighted by Crippen LogP contribution is -2.72. The highest BCUT2D eigenvalue weighted by molar-refractivity contribution is 6.21. The molecule has 0 spiro atoms. The molecule has 5 N–H and O–H groups in total. The molecule has 6 fully saturated rings. The molecule has 2 bridgehead atoms. The van der Waals surface area contributed by atoms with E-state index in [2.05, 4.69) is 21.3 Å². The van der Waals surface area contributed by atoms with Gasteiger partial charge in [-0.1, -0.05) is 0 Å². The Bertz CT molecular complexity index is 919. The molecular formula is C26H39ClF4N4O4. The summed E-state index contributed by atoms with van der Waals surface area (Å²) >= 11 is 5.91. The van der Waals surface area contributed by atoms with E-state index in [1.54, 1.807) is 0 Å². The quantitative estimate of drug-likeness (QED) is 0.243. The van der Waals surface area contributed by atoms with E-state index in [1.807, 2.05) is 0 Å². The Hall–Kier alpha value is -1.21. The lowest BCUT2D eigenvalue weighted by atomic mass is 9.59. The average molecular weight is 583 g/mol. The minimum absolute atomic E-state index is 0.00931. The van der Waals surface area contributed by atoms with E-state index in [-0.39, 0.29) is 62.4 Å². The number of ether oxygens (including phenoxy) is 1. The fourth-order valence-corrected chi connectivity index (χ4v) is 7.59. The number of aliphatic hydroxyl groups excluding tert-OH is 1. The fraction of sp³-hybridized carbons (Fsp3) is 0.923. The van der Waals surface area contributed by atoms with Crippen LogP contribution >= 0.6 is 11.6 Å². The summed E-state index contributed by atoms with van der Waals surface area (Å²) in [4.78, 5) is 25.9. The number of aliphatic hydroxyl groups is 1. The predicted molar refractivity (Wildman–Crippen MR) is 135 cm³/mol. The Morgan fingerprint density at radius 1 is 1.03 bits per heavy atom. The maximum Gasteiger partial charge on any atom is 0.391 e. The van der Waals surface area contributed by atoms with Gasteiger partial charge in [-0.3, -0.25) is 9.59 Å². The van der Waals surface area contributed by atoms with E-state index >= 15 is 0 Å². The van der Waals surface area contributed by atoms with Crippen molar-refractivity contribution in [2.75, 3.05) is 13.2 Å². The van der Waals surface area contributed by atoms with Crippen molar-refractivity contribution in [3.8, 4) is 0 Å². The van der Waals surface area contributed by atoms with Crippen LogP contribution < -0.4 is 21.3 Å². The molecule has 8 nitrogen and oxygen atoms in total. The molecule has 6 rings (SSSR count). The molecule has 1 saturated heterocycles. The van der Waals surface area contributed by atoms with Gasteiger partial charge in [-0.15, -0.1) is 11.6 Å². The predicted octanol–water partition coefficient (Wildman–Crippen LogP) is 2.21. The van der Waals surface area contributed by atoms with Crippen LogP contribution in [0.25, 0.3) is 0 Å². The van der Waals surface area contributed by atoms with Crippen LogP contribution in [0.15, 0.2) is 0 Å². The molecule has 2 amide bonds. The molecule has 0 radical (unpaired) electrons. The third-order valence-electron chi connectivity index (χ3n) is 9.82. The number of fused-ring (bicyclic) bond motifs is 4. The summed E-state index contributed by atoms with van der Waals surface area (Å²) in [5, 5.41) is 23.0. The number of alkyl halides is 5. The van der Waals surface area contributed by atoms with Crippen molar-refractivity contribution < 1.29 is 37.0 Å². The van der Waals surface area contributed by atoms with Crippen molar-refractivity contribution in [3.05, 3.63) is 0 Å². The number of carbonyl (C=O) groups is 2. The second kappa shape index (κ2) is 11.2. The molecule has 7 unspecified atom stereocenters. The lowest BCUT2D eigenvalue weighted by molar-refractivity contribution is -0.186. The summed E-state index contributed by atoms with van der Waals surface area (Å²) in [5.41, 5.74) is -1.39. The second-order valence-corrected chi connectivity index (χ2v) is 12.9. The van der Waals surface area contributed by atoms with Gasteiger partial charge in [-0.25, -0.2) is 4.39 Å². The molecule has 1 heterocycles. The first-order chi connectivity index (χ1) is 18.4. The zero-order valence-electron chi connectivity index (χ0n) is 21.9. The van der Waals surface area contributed by atoms with Gasteiger partial charge in [0.2, 0.25) is 11.8 Å². The van der Waals surface area contributed by atoms with Crippen LogP contribution in [0.5, 0.6) is 0 Å². The maximum absolute atomic E-state index is 13.8. The second-order valence-electron chi connectivity index (χ2n) is 12.4. The van der Waals surface area contributed by atoms with E-state index < -0.39 is 46.9 Å². The Labute approximate surface area is 230 Å². The van der Waals surface area contributed by atoms with Gasteiger partial charge < -0.3 is 31.1 Å². The number of hydrogen-bond donors (Lipinski definition) is 5. The standard InChI is InChI=1S/C26H39ClF4N4O4/c27-16-3-2-15(10-17(16)28)39-13-22(37)34-25-7-5-24(6-8-25,11-21(25)36)35-23(38)20-12-32-19-9-14(26(29,30)31)1-4-18(19)33-20/h14-21,32-33,36H,1-13H2,(H,34,37)(H,35,38)/t14?,15?,16?,17?,18?,19?,20?,21-,24?,25?/m0/s1. The Balaban J connectivity index is 1.09. The molecule has 0 aromatic carbocycles. The van der Waals surface area contributed by atoms with E-state index in [1.165, 1.54) is 0 Å². The van der Waals surface area contributed by atoms with E-state index in [4.69, 9.17) is 16.3 Å². The number of piperazine rings is 1. The highest BCUT2D eigenvalue weighted by Crippen LogP contribution is 2.47. The van der Waals surface area contributed by atoms with Crippen molar-refractivity contribution in [1.82, 2.24) is 21.3 Å². The normalized spacial score (nSPS) is 44.4. The van der Waals surface area contributed by atoms with Crippen molar-refractivity contribution in [1.29, 1.82) is 0 Å². The number of hydrogen-bond acceptors (Lipinski definition) is 6. The third kappa shape index (κ3) is 6.34. The molecule has 39 heavy (non-hydrogen) atoms. The van der Waals surface area contributed by atoms with Crippen molar-refractivity contribution >= 4 is 23.4 Å². The van der Waals surface area contributed by atoms with Gasteiger partial charge in [0.15, 0.2) is 0 Å². The number of carbonyl (C=O) groups excluding carboxylic acids is 2. The van der Waals surface area contributed by atoms with E-state index in [0.29, 0.717) is 51.4 Å².